The number of amidine groups is 1. The molecular formula is C11H23N4+3. The Morgan fingerprint density at radius 3 is 2.20 bits per heavy atom. The zero-order valence-corrected chi connectivity index (χ0v) is 9.95. The van der Waals surface area contributed by atoms with Crippen LogP contribution >= 0.6 is 0 Å². The van der Waals surface area contributed by atoms with Crippen LogP contribution in [0.3, 0.4) is 0 Å². The van der Waals surface area contributed by atoms with Crippen molar-refractivity contribution in [1.82, 2.24) is 0 Å². The second-order valence-corrected chi connectivity index (χ2v) is 5.87. The van der Waals surface area contributed by atoms with Crippen molar-refractivity contribution < 1.29 is 14.3 Å². The van der Waals surface area contributed by atoms with Crippen LogP contribution in [-0.2, 0) is 0 Å². The first-order chi connectivity index (χ1) is 7.12. The highest BCUT2D eigenvalue weighted by Gasteiger charge is 2.52. The second-order valence-electron chi connectivity index (χ2n) is 5.87. The van der Waals surface area contributed by atoms with Gasteiger partial charge in [0.05, 0.1) is 7.05 Å². The Labute approximate surface area is 91.8 Å². The van der Waals surface area contributed by atoms with Crippen LogP contribution in [0.25, 0.3) is 0 Å². The predicted molar refractivity (Wildman–Crippen MR) is 59.3 cm³/mol. The molecule has 3 saturated heterocycles. The van der Waals surface area contributed by atoms with Gasteiger partial charge in [0.1, 0.15) is 39.3 Å². The molecule has 4 aliphatic rings. The van der Waals surface area contributed by atoms with Gasteiger partial charge in [-0.2, -0.15) is 4.99 Å². The fourth-order valence-corrected chi connectivity index (χ4v) is 3.40. The van der Waals surface area contributed by atoms with Gasteiger partial charge in [-0.1, -0.05) is 0 Å². The average Bonchev–Trinajstić information content (AvgIpc) is 2.67. The van der Waals surface area contributed by atoms with E-state index in [2.05, 4.69) is 19.3 Å². The molecule has 4 nitrogen and oxygen atoms in total. The van der Waals surface area contributed by atoms with Gasteiger partial charge in [-0.15, -0.1) is 0 Å². The number of piperazine rings is 3. The van der Waals surface area contributed by atoms with E-state index in [4.69, 9.17) is 4.99 Å². The lowest BCUT2D eigenvalue weighted by atomic mass is 10.1. The number of hydrogen-bond acceptors (Lipinski definition) is 1. The van der Waals surface area contributed by atoms with E-state index in [1.54, 1.807) is 0 Å². The van der Waals surface area contributed by atoms with Gasteiger partial charge in [-0.05, 0) is 0 Å². The summed E-state index contributed by atoms with van der Waals surface area (Å²) in [5.41, 5.74) is 0. The Hall–Kier alpha value is -0.450. The Kier molecular flexibility index (Phi) is 1.97. The molecule has 4 heterocycles. The summed E-state index contributed by atoms with van der Waals surface area (Å²) in [7, 11) is 2.42. The monoisotopic (exact) mass is 211 g/mol. The fraction of sp³-hybridized carbons (Fsp3) is 0.909. The molecule has 0 aromatic rings. The highest BCUT2D eigenvalue weighted by Crippen LogP contribution is 2.28. The lowest BCUT2D eigenvalue weighted by molar-refractivity contribution is -1.08. The SMILES string of the molecule is CC1=NC([N+]23CC[N+](C)(CC2)CC3)C[NH2+]1. The van der Waals surface area contributed by atoms with Crippen LogP contribution in [0.2, 0.25) is 0 Å². The van der Waals surface area contributed by atoms with E-state index in [1.165, 1.54) is 60.6 Å². The van der Waals surface area contributed by atoms with Gasteiger partial charge in [-0.3, -0.25) is 9.80 Å². The maximum atomic E-state index is 4.83. The van der Waals surface area contributed by atoms with E-state index in [-0.39, 0.29) is 0 Å². The number of nitrogens with zero attached hydrogens (tertiary/aromatic N) is 3. The average molecular weight is 211 g/mol. The Morgan fingerprint density at radius 2 is 1.73 bits per heavy atom. The molecule has 1 atom stereocenters. The van der Waals surface area contributed by atoms with Crippen molar-refractivity contribution in [2.45, 2.75) is 13.1 Å². The molecule has 4 aliphatic heterocycles. The van der Waals surface area contributed by atoms with Gasteiger partial charge in [0.2, 0.25) is 6.17 Å². The molecule has 0 spiro atoms. The van der Waals surface area contributed by atoms with Gasteiger partial charge in [0.15, 0.2) is 12.4 Å². The van der Waals surface area contributed by atoms with Crippen LogP contribution in [0.5, 0.6) is 0 Å². The third kappa shape index (κ3) is 1.43. The van der Waals surface area contributed by atoms with Crippen LogP contribution in [0.15, 0.2) is 4.99 Å². The second kappa shape index (κ2) is 3.03. The molecule has 3 fully saturated rings. The molecule has 2 bridgehead atoms. The molecule has 4 heteroatoms. The summed E-state index contributed by atoms with van der Waals surface area (Å²) in [6.45, 7) is 11.5. The minimum Gasteiger partial charge on any atom is -0.312 e. The van der Waals surface area contributed by atoms with Crippen molar-refractivity contribution in [1.29, 1.82) is 0 Å². The minimum absolute atomic E-state index is 0.569. The van der Waals surface area contributed by atoms with Crippen LogP contribution in [-0.4, -0.2) is 73.8 Å². The Morgan fingerprint density at radius 1 is 1.13 bits per heavy atom. The van der Waals surface area contributed by atoms with E-state index in [0.717, 1.165) is 0 Å². The summed E-state index contributed by atoms with van der Waals surface area (Å²) in [5.74, 6) is 1.26. The smallest absolute Gasteiger partial charge is 0.238 e. The van der Waals surface area contributed by atoms with Gasteiger partial charge in [0, 0.05) is 6.92 Å². The molecule has 4 rings (SSSR count). The van der Waals surface area contributed by atoms with Crippen molar-refractivity contribution in [2.24, 2.45) is 4.99 Å². The Balaban J connectivity index is 1.81. The number of aliphatic imine (C=N–C) groups is 1. The van der Waals surface area contributed by atoms with Crippen LogP contribution < -0.4 is 5.32 Å². The molecule has 0 aliphatic carbocycles. The maximum Gasteiger partial charge on any atom is 0.238 e. The summed E-state index contributed by atoms with van der Waals surface area (Å²) in [4.78, 5) is 4.83. The number of fused-ring (bicyclic) bond motifs is 3. The molecule has 0 amide bonds. The lowest BCUT2D eigenvalue weighted by Gasteiger charge is -2.54. The number of likely N-dealkylation sites (N-methyl/N-ethyl adjacent to an activating group) is 1. The molecule has 15 heavy (non-hydrogen) atoms. The zero-order chi connectivity index (χ0) is 10.5. The molecular weight excluding hydrogens is 188 g/mol. The fourth-order valence-electron chi connectivity index (χ4n) is 3.40. The number of hydrogen-bond donors (Lipinski definition) is 1. The molecule has 84 valence electrons. The lowest BCUT2D eigenvalue weighted by Crippen LogP contribution is -2.88. The summed E-state index contributed by atoms with van der Waals surface area (Å²) in [6, 6.07) is 0. The van der Waals surface area contributed by atoms with Crippen molar-refractivity contribution in [2.75, 3.05) is 52.9 Å². The van der Waals surface area contributed by atoms with Gasteiger partial charge < -0.3 is 4.48 Å². The normalized spacial score (nSPS) is 49.5. The standard InChI is InChI=1S/C11H22N4/c1-10-12-9-11(13-10)15-6-3-14(2,4-7-15)5-8-15/h11H,3-9H2,1-2H3,(H,12,13)/q+2/p+1. The van der Waals surface area contributed by atoms with E-state index in [1.807, 2.05) is 0 Å². The van der Waals surface area contributed by atoms with Crippen LogP contribution in [0, 0.1) is 0 Å². The van der Waals surface area contributed by atoms with Crippen molar-refractivity contribution in [3.63, 3.8) is 0 Å². The van der Waals surface area contributed by atoms with Crippen molar-refractivity contribution in [3.05, 3.63) is 0 Å². The molecule has 2 N–H and O–H groups in total. The molecule has 0 aromatic heterocycles. The van der Waals surface area contributed by atoms with Gasteiger partial charge in [0.25, 0.3) is 0 Å². The van der Waals surface area contributed by atoms with Crippen molar-refractivity contribution >= 4 is 5.84 Å². The molecule has 0 radical (unpaired) electrons. The summed E-state index contributed by atoms with van der Waals surface area (Å²) in [6.07, 6.45) is 0.569. The quantitative estimate of drug-likeness (QED) is 0.517. The topological polar surface area (TPSA) is 29.0 Å². The van der Waals surface area contributed by atoms with Crippen LogP contribution in [0.1, 0.15) is 6.92 Å². The Bertz CT molecular complexity index is 285. The first-order valence-corrected chi connectivity index (χ1v) is 6.19. The third-order valence-corrected chi connectivity index (χ3v) is 4.86. The summed E-state index contributed by atoms with van der Waals surface area (Å²) >= 11 is 0. The van der Waals surface area contributed by atoms with Crippen molar-refractivity contribution in [3.8, 4) is 0 Å². The van der Waals surface area contributed by atoms with E-state index in [0.29, 0.717) is 6.17 Å². The highest BCUT2D eigenvalue weighted by atomic mass is 15.6. The largest absolute Gasteiger partial charge is 0.312 e. The van der Waals surface area contributed by atoms with Gasteiger partial charge in [-0.25, -0.2) is 0 Å². The number of quaternary nitrogens is 3. The summed E-state index contributed by atoms with van der Waals surface area (Å²) < 4.78 is 2.61. The summed E-state index contributed by atoms with van der Waals surface area (Å²) in [5, 5.41) is 2.31. The third-order valence-electron chi connectivity index (χ3n) is 4.86. The van der Waals surface area contributed by atoms with Gasteiger partial charge >= 0.3 is 0 Å². The predicted octanol–water partition coefficient (Wildman–Crippen LogP) is -1.40. The molecule has 0 saturated carbocycles. The number of nitrogens with two attached hydrogens (primary N) is 1. The minimum atomic E-state index is 0.569. The maximum absolute atomic E-state index is 4.83. The molecule has 1 unspecified atom stereocenters. The number of rotatable bonds is 1. The first kappa shape index (κ1) is 9.75. The first-order valence-electron chi connectivity index (χ1n) is 6.19. The van der Waals surface area contributed by atoms with E-state index < -0.39 is 0 Å². The van der Waals surface area contributed by atoms with E-state index in [9.17, 15) is 0 Å². The highest BCUT2D eigenvalue weighted by molar-refractivity contribution is 5.70. The van der Waals surface area contributed by atoms with Crippen LogP contribution in [0.4, 0.5) is 0 Å². The molecule has 0 aromatic carbocycles. The van der Waals surface area contributed by atoms with E-state index >= 15 is 0 Å². The zero-order valence-electron chi connectivity index (χ0n) is 9.95.